The summed E-state index contributed by atoms with van der Waals surface area (Å²) in [6.45, 7) is 2.20. The van der Waals surface area contributed by atoms with Crippen LogP contribution in [0.1, 0.15) is 25.3 Å². The Morgan fingerprint density at radius 1 is 1.35 bits per heavy atom. The number of rotatable bonds is 3. The third-order valence-corrected chi connectivity index (χ3v) is 4.02. The monoisotopic (exact) mass is 228 g/mol. The minimum Gasteiger partial charge on any atom is -0.392 e. The Kier molecular flexibility index (Phi) is 3.86. The lowest BCUT2D eigenvalue weighted by Gasteiger charge is -2.19. The molecule has 1 saturated carbocycles. The lowest BCUT2D eigenvalue weighted by molar-refractivity contribution is 0.144. The maximum Gasteiger partial charge on any atom is 0.0682 e. The molecule has 0 amide bonds. The predicted octanol–water partition coefficient (Wildman–Crippen LogP) is 2.89. The number of terminal acetylenes is 1. The minimum absolute atomic E-state index is 0.0497. The molecule has 0 heterocycles. The van der Waals surface area contributed by atoms with Crippen LogP contribution >= 0.6 is 0 Å². The fraction of sp³-hybridized carbons (Fsp3) is 0.500. The van der Waals surface area contributed by atoms with Gasteiger partial charge in [0.15, 0.2) is 0 Å². The number of benzene rings is 1. The normalized spacial score (nSPS) is 32.3. The lowest BCUT2D eigenvalue weighted by atomic mass is 9.85. The summed E-state index contributed by atoms with van der Waals surface area (Å²) < 4.78 is 0. The third kappa shape index (κ3) is 2.70. The Morgan fingerprint density at radius 2 is 2.06 bits per heavy atom. The zero-order valence-electron chi connectivity index (χ0n) is 10.3. The van der Waals surface area contributed by atoms with Crippen LogP contribution in [0.3, 0.4) is 0 Å². The molecule has 1 aromatic rings. The zero-order valence-corrected chi connectivity index (χ0v) is 10.3. The molecular weight excluding hydrogens is 208 g/mol. The van der Waals surface area contributed by atoms with E-state index in [1.54, 1.807) is 0 Å². The van der Waals surface area contributed by atoms with Gasteiger partial charge in [-0.3, -0.25) is 0 Å². The predicted molar refractivity (Wildman–Crippen MR) is 70.4 cm³/mol. The van der Waals surface area contributed by atoms with Crippen LogP contribution in [0, 0.1) is 30.1 Å². The standard InChI is InChI=1S/C16H20O/c1-3-14-15(12(2)11-16(14)17)10-9-13-7-5-4-6-8-13/h1,4-8,12,14-17H,9-11H2,2H3. The van der Waals surface area contributed by atoms with Gasteiger partial charge in [-0.2, -0.15) is 0 Å². The summed E-state index contributed by atoms with van der Waals surface area (Å²) in [6, 6.07) is 10.5. The zero-order chi connectivity index (χ0) is 12.3. The highest BCUT2D eigenvalue weighted by Crippen LogP contribution is 2.39. The topological polar surface area (TPSA) is 20.2 Å². The van der Waals surface area contributed by atoms with Crippen LogP contribution in [-0.4, -0.2) is 11.2 Å². The quantitative estimate of drug-likeness (QED) is 0.789. The second-order valence-corrected chi connectivity index (χ2v) is 5.16. The van der Waals surface area contributed by atoms with E-state index in [-0.39, 0.29) is 12.0 Å². The van der Waals surface area contributed by atoms with Crippen molar-refractivity contribution in [1.29, 1.82) is 0 Å². The smallest absolute Gasteiger partial charge is 0.0682 e. The van der Waals surface area contributed by atoms with Crippen LogP contribution in [0.4, 0.5) is 0 Å². The van der Waals surface area contributed by atoms with Crippen molar-refractivity contribution in [3.63, 3.8) is 0 Å². The summed E-state index contributed by atoms with van der Waals surface area (Å²) in [7, 11) is 0. The number of aryl methyl sites for hydroxylation is 1. The molecule has 1 fully saturated rings. The van der Waals surface area contributed by atoms with Gasteiger partial charge in [-0.05, 0) is 36.7 Å². The first kappa shape index (κ1) is 12.2. The van der Waals surface area contributed by atoms with Gasteiger partial charge in [0.25, 0.3) is 0 Å². The van der Waals surface area contributed by atoms with E-state index in [0.717, 1.165) is 19.3 Å². The highest BCUT2D eigenvalue weighted by Gasteiger charge is 2.38. The molecule has 1 aliphatic carbocycles. The van der Waals surface area contributed by atoms with E-state index in [0.29, 0.717) is 11.8 Å². The molecular formula is C16H20O. The van der Waals surface area contributed by atoms with Crippen molar-refractivity contribution < 1.29 is 5.11 Å². The first-order valence-corrected chi connectivity index (χ1v) is 6.40. The van der Waals surface area contributed by atoms with E-state index >= 15 is 0 Å². The second-order valence-electron chi connectivity index (χ2n) is 5.16. The van der Waals surface area contributed by atoms with Gasteiger partial charge in [0.05, 0.1) is 6.10 Å². The molecule has 1 aliphatic rings. The Morgan fingerprint density at radius 3 is 2.71 bits per heavy atom. The maximum absolute atomic E-state index is 9.88. The molecule has 17 heavy (non-hydrogen) atoms. The van der Waals surface area contributed by atoms with E-state index in [2.05, 4.69) is 37.1 Å². The van der Waals surface area contributed by atoms with Crippen LogP contribution in [0.15, 0.2) is 30.3 Å². The summed E-state index contributed by atoms with van der Waals surface area (Å²) in [5.41, 5.74) is 1.36. The second kappa shape index (κ2) is 5.38. The van der Waals surface area contributed by atoms with E-state index in [1.807, 2.05) is 6.07 Å². The van der Waals surface area contributed by atoms with E-state index in [1.165, 1.54) is 5.56 Å². The molecule has 0 aliphatic heterocycles. The van der Waals surface area contributed by atoms with E-state index < -0.39 is 0 Å². The van der Waals surface area contributed by atoms with E-state index in [9.17, 15) is 5.11 Å². The van der Waals surface area contributed by atoms with Gasteiger partial charge in [-0.25, -0.2) is 0 Å². The van der Waals surface area contributed by atoms with Gasteiger partial charge in [-0.15, -0.1) is 12.3 Å². The van der Waals surface area contributed by atoms with Gasteiger partial charge in [0, 0.05) is 5.92 Å². The van der Waals surface area contributed by atoms with Crippen molar-refractivity contribution in [2.45, 2.75) is 32.3 Å². The Balaban J connectivity index is 1.97. The van der Waals surface area contributed by atoms with Crippen LogP contribution in [0.5, 0.6) is 0 Å². The van der Waals surface area contributed by atoms with Gasteiger partial charge in [0.2, 0.25) is 0 Å². The molecule has 0 saturated heterocycles. The van der Waals surface area contributed by atoms with Crippen molar-refractivity contribution >= 4 is 0 Å². The maximum atomic E-state index is 9.88. The fourth-order valence-electron chi connectivity index (χ4n) is 3.02. The van der Waals surface area contributed by atoms with Crippen LogP contribution in [0.2, 0.25) is 0 Å². The number of aliphatic hydroxyl groups excluding tert-OH is 1. The molecule has 1 N–H and O–H groups in total. The molecule has 4 atom stereocenters. The fourth-order valence-corrected chi connectivity index (χ4v) is 3.02. The molecule has 1 aromatic carbocycles. The van der Waals surface area contributed by atoms with Crippen molar-refractivity contribution in [2.75, 3.05) is 0 Å². The van der Waals surface area contributed by atoms with Crippen LogP contribution in [0.25, 0.3) is 0 Å². The first-order valence-electron chi connectivity index (χ1n) is 6.40. The summed E-state index contributed by atoms with van der Waals surface area (Å²) >= 11 is 0. The van der Waals surface area contributed by atoms with Crippen molar-refractivity contribution in [1.82, 2.24) is 0 Å². The largest absolute Gasteiger partial charge is 0.392 e. The number of hydrogen-bond acceptors (Lipinski definition) is 1. The Hall–Kier alpha value is -1.26. The van der Waals surface area contributed by atoms with Crippen LogP contribution in [-0.2, 0) is 6.42 Å². The molecule has 0 aromatic heterocycles. The average Bonchev–Trinajstić information content (AvgIpc) is 2.62. The number of aliphatic hydroxyl groups is 1. The number of hydrogen-bond donors (Lipinski definition) is 1. The summed E-state index contributed by atoms with van der Waals surface area (Å²) in [4.78, 5) is 0. The van der Waals surface area contributed by atoms with E-state index in [4.69, 9.17) is 6.42 Å². The van der Waals surface area contributed by atoms with Gasteiger partial charge in [0.1, 0.15) is 0 Å². The minimum atomic E-state index is -0.296. The lowest BCUT2D eigenvalue weighted by Crippen LogP contribution is -2.18. The molecule has 1 nitrogen and oxygen atoms in total. The van der Waals surface area contributed by atoms with Crippen molar-refractivity contribution in [3.05, 3.63) is 35.9 Å². The Labute approximate surface area is 104 Å². The van der Waals surface area contributed by atoms with Crippen molar-refractivity contribution in [3.8, 4) is 12.3 Å². The van der Waals surface area contributed by atoms with Gasteiger partial charge >= 0.3 is 0 Å². The molecule has 90 valence electrons. The highest BCUT2D eigenvalue weighted by molar-refractivity contribution is 5.15. The summed E-state index contributed by atoms with van der Waals surface area (Å²) in [5, 5.41) is 9.88. The average molecular weight is 228 g/mol. The molecule has 2 rings (SSSR count). The summed E-state index contributed by atoms with van der Waals surface area (Å²) in [6.07, 6.45) is 8.23. The molecule has 0 bridgehead atoms. The summed E-state index contributed by atoms with van der Waals surface area (Å²) in [5.74, 6) is 3.83. The van der Waals surface area contributed by atoms with Gasteiger partial charge < -0.3 is 5.11 Å². The molecule has 4 unspecified atom stereocenters. The molecule has 0 radical (unpaired) electrons. The van der Waals surface area contributed by atoms with Crippen molar-refractivity contribution in [2.24, 2.45) is 17.8 Å². The first-order chi connectivity index (χ1) is 8.22. The van der Waals surface area contributed by atoms with Crippen LogP contribution < -0.4 is 0 Å². The van der Waals surface area contributed by atoms with Gasteiger partial charge in [-0.1, -0.05) is 37.3 Å². The highest BCUT2D eigenvalue weighted by atomic mass is 16.3. The third-order valence-electron chi connectivity index (χ3n) is 4.02. The SMILES string of the molecule is C#CC1C(O)CC(C)C1CCc1ccccc1. The Bertz CT molecular complexity index is 390. The molecule has 1 heteroatoms. The molecule has 0 spiro atoms.